The second-order valence-corrected chi connectivity index (χ2v) is 14.5. The highest BCUT2D eigenvalue weighted by molar-refractivity contribution is 5.93. The average molecular weight is 641 g/mol. The van der Waals surface area contributed by atoms with Crippen LogP contribution < -0.4 is 10.6 Å². The molecule has 4 saturated carbocycles. The molecule has 1 aliphatic heterocycles. The van der Waals surface area contributed by atoms with E-state index in [2.05, 4.69) is 15.6 Å². The van der Waals surface area contributed by atoms with E-state index >= 15 is 0 Å². The molecule has 10 heteroatoms. The van der Waals surface area contributed by atoms with Crippen molar-refractivity contribution in [3.05, 3.63) is 71.4 Å². The van der Waals surface area contributed by atoms with Crippen molar-refractivity contribution in [1.29, 1.82) is 0 Å². The lowest BCUT2D eigenvalue weighted by molar-refractivity contribution is -0.138. The number of rotatable bonds is 10. The predicted octanol–water partition coefficient (Wildman–Crippen LogP) is 4.95. The van der Waals surface area contributed by atoms with Gasteiger partial charge in [0.25, 0.3) is 0 Å². The summed E-state index contributed by atoms with van der Waals surface area (Å²) in [6.07, 6.45) is 5.55. The minimum atomic E-state index is -1.26. The standard InChI is InChI=1S/C37H44N4O6/c1-37(35(45)39-27(18-22-7-3-2-4-8-22)20-38-32(42)11-12-33(43)44)19-29-28-9-5-6-10-30(28)40-31(29)21-41(37)36(46)47-34-25-14-23-13-24(16-25)17-26(34)15-23/h2-10,23-27,34,40H,11-21H2,1H3,(H,38,42)(H,39,45)(H,43,44). The number of hydrogen-bond donors (Lipinski definition) is 4. The number of nitrogens with one attached hydrogen (secondary N) is 3. The van der Waals surface area contributed by atoms with Gasteiger partial charge < -0.3 is 25.5 Å². The fraction of sp³-hybridized carbons (Fsp3) is 0.514. The Kier molecular flexibility index (Phi) is 8.45. The molecule has 0 saturated heterocycles. The number of para-hydroxylation sites is 1. The van der Waals surface area contributed by atoms with Gasteiger partial charge in [-0.2, -0.15) is 0 Å². The fourth-order valence-electron chi connectivity index (χ4n) is 9.04. The van der Waals surface area contributed by atoms with Crippen LogP contribution in [0.3, 0.4) is 0 Å². The van der Waals surface area contributed by atoms with Crippen LogP contribution in [0.15, 0.2) is 54.6 Å². The molecule has 2 aromatic carbocycles. The number of amides is 3. The normalized spacial score (nSPS) is 28.0. The molecule has 10 nitrogen and oxygen atoms in total. The number of H-pyrrole nitrogens is 1. The molecule has 248 valence electrons. The molecule has 3 aromatic rings. The van der Waals surface area contributed by atoms with Crippen LogP contribution in [0.25, 0.3) is 10.9 Å². The van der Waals surface area contributed by atoms with Crippen LogP contribution >= 0.6 is 0 Å². The first-order valence-corrected chi connectivity index (χ1v) is 17.1. The summed E-state index contributed by atoms with van der Waals surface area (Å²) < 4.78 is 6.42. The van der Waals surface area contributed by atoms with Gasteiger partial charge in [0.1, 0.15) is 11.6 Å². The summed E-state index contributed by atoms with van der Waals surface area (Å²) in [5, 5.41) is 16.0. The van der Waals surface area contributed by atoms with Gasteiger partial charge in [-0.25, -0.2) is 4.79 Å². The predicted molar refractivity (Wildman–Crippen MR) is 175 cm³/mol. The Morgan fingerprint density at radius 2 is 1.64 bits per heavy atom. The number of aromatic nitrogens is 1. The zero-order valence-corrected chi connectivity index (χ0v) is 26.9. The topological polar surface area (TPSA) is 141 Å². The van der Waals surface area contributed by atoms with Gasteiger partial charge in [-0.1, -0.05) is 48.5 Å². The largest absolute Gasteiger partial charge is 0.481 e. The average Bonchev–Trinajstić information content (AvgIpc) is 3.41. The molecule has 5 aliphatic rings. The zero-order valence-electron chi connectivity index (χ0n) is 26.9. The van der Waals surface area contributed by atoms with Crippen molar-refractivity contribution in [1.82, 2.24) is 20.5 Å². The molecule has 4 bridgehead atoms. The number of fused-ring (bicyclic) bond motifs is 3. The van der Waals surface area contributed by atoms with Crippen molar-refractivity contribution in [3.8, 4) is 0 Å². The Labute approximate surface area is 274 Å². The van der Waals surface area contributed by atoms with Crippen molar-refractivity contribution in [3.63, 3.8) is 0 Å². The number of ether oxygens (including phenoxy) is 1. The van der Waals surface area contributed by atoms with E-state index in [4.69, 9.17) is 9.84 Å². The third kappa shape index (κ3) is 6.34. The molecule has 0 radical (unpaired) electrons. The Balaban J connectivity index is 1.15. The number of carboxylic acid groups (broad SMARTS) is 1. The number of carbonyl (C=O) groups excluding carboxylic acids is 3. The molecule has 2 heterocycles. The molecule has 1 aromatic heterocycles. The van der Waals surface area contributed by atoms with Crippen LogP contribution in [-0.4, -0.2) is 63.1 Å². The Morgan fingerprint density at radius 3 is 2.34 bits per heavy atom. The summed E-state index contributed by atoms with van der Waals surface area (Å²) in [4.78, 5) is 57.3. The summed E-state index contributed by atoms with van der Waals surface area (Å²) in [5.74, 6) is 0.519. The molecule has 4 aliphatic carbocycles. The van der Waals surface area contributed by atoms with E-state index < -0.39 is 29.6 Å². The van der Waals surface area contributed by atoms with Crippen molar-refractivity contribution in [2.45, 2.75) is 88.9 Å². The van der Waals surface area contributed by atoms with E-state index in [1.807, 2.05) is 61.5 Å². The minimum Gasteiger partial charge on any atom is -0.481 e. The van der Waals surface area contributed by atoms with Crippen molar-refractivity contribution < 1.29 is 29.0 Å². The maximum Gasteiger partial charge on any atom is 0.411 e. The van der Waals surface area contributed by atoms with Crippen molar-refractivity contribution in [2.75, 3.05) is 6.54 Å². The molecular formula is C37H44N4O6. The van der Waals surface area contributed by atoms with E-state index in [0.717, 1.165) is 65.2 Å². The van der Waals surface area contributed by atoms with Crippen LogP contribution in [-0.2, 0) is 38.5 Å². The van der Waals surface area contributed by atoms with Crippen LogP contribution in [0.4, 0.5) is 4.79 Å². The summed E-state index contributed by atoms with van der Waals surface area (Å²) in [6, 6.07) is 17.2. The van der Waals surface area contributed by atoms with E-state index in [9.17, 15) is 19.2 Å². The quantitative estimate of drug-likeness (QED) is 0.247. The highest BCUT2D eigenvalue weighted by Gasteiger charge is 2.53. The first-order valence-electron chi connectivity index (χ1n) is 17.1. The number of aliphatic carboxylic acids is 1. The number of benzene rings is 2. The van der Waals surface area contributed by atoms with Crippen LogP contribution in [0.2, 0.25) is 0 Å². The maximum atomic E-state index is 14.5. The lowest BCUT2D eigenvalue weighted by Crippen LogP contribution is -2.64. The Morgan fingerprint density at radius 1 is 0.957 bits per heavy atom. The molecular weight excluding hydrogens is 596 g/mol. The number of hydrogen-bond acceptors (Lipinski definition) is 5. The number of carbonyl (C=O) groups is 4. The summed E-state index contributed by atoms with van der Waals surface area (Å²) in [7, 11) is 0. The van der Waals surface area contributed by atoms with E-state index in [-0.39, 0.29) is 37.9 Å². The van der Waals surface area contributed by atoms with Gasteiger partial charge in [0.2, 0.25) is 11.8 Å². The number of aromatic amines is 1. The van der Waals surface area contributed by atoms with Gasteiger partial charge in [0.05, 0.1) is 19.0 Å². The smallest absolute Gasteiger partial charge is 0.411 e. The molecule has 8 rings (SSSR count). The molecule has 4 fully saturated rings. The van der Waals surface area contributed by atoms with E-state index in [1.165, 1.54) is 6.42 Å². The number of nitrogens with zero attached hydrogens (tertiary/aromatic N) is 1. The van der Waals surface area contributed by atoms with Gasteiger partial charge in [0.15, 0.2) is 0 Å². The van der Waals surface area contributed by atoms with Crippen LogP contribution in [0.1, 0.15) is 68.7 Å². The van der Waals surface area contributed by atoms with Crippen LogP contribution in [0, 0.1) is 23.7 Å². The van der Waals surface area contributed by atoms with Gasteiger partial charge in [-0.3, -0.25) is 19.3 Å². The maximum absolute atomic E-state index is 14.5. The first-order chi connectivity index (χ1) is 22.7. The Hall–Kier alpha value is -4.34. The third-order valence-corrected chi connectivity index (χ3v) is 11.2. The monoisotopic (exact) mass is 640 g/mol. The highest BCUT2D eigenvalue weighted by atomic mass is 16.6. The van der Waals surface area contributed by atoms with E-state index in [0.29, 0.717) is 24.7 Å². The summed E-state index contributed by atoms with van der Waals surface area (Å²) >= 11 is 0. The summed E-state index contributed by atoms with van der Waals surface area (Å²) in [6.45, 7) is 2.15. The van der Waals surface area contributed by atoms with Crippen molar-refractivity contribution in [2.24, 2.45) is 23.7 Å². The van der Waals surface area contributed by atoms with E-state index in [1.54, 1.807) is 4.90 Å². The summed E-state index contributed by atoms with van der Waals surface area (Å²) in [5.41, 5.74) is 2.60. The Bertz CT molecular complexity index is 1640. The van der Waals surface area contributed by atoms with Crippen molar-refractivity contribution >= 4 is 34.8 Å². The minimum absolute atomic E-state index is 0.112. The fourth-order valence-corrected chi connectivity index (χ4v) is 9.04. The second kappa shape index (κ2) is 12.7. The number of carboxylic acids is 1. The lowest BCUT2D eigenvalue weighted by atomic mass is 9.55. The van der Waals surface area contributed by atoms with Gasteiger partial charge in [0, 0.05) is 36.0 Å². The SMILES string of the molecule is CC1(C(=O)NC(CNC(=O)CCC(=O)O)Cc2ccccc2)Cc2c([nH]c3ccccc23)CN1C(=O)OC1C2CC3CC(C2)CC1C3. The highest BCUT2D eigenvalue weighted by Crippen LogP contribution is 2.55. The molecule has 2 unspecified atom stereocenters. The van der Waals surface area contributed by atoms with Gasteiger partial charge in [-0.15, -0.1) is 0 Å². The van der Waals surface area contributed by atoms with Gasteiger partial charge in [-0.05, 0) is 86.3 Å². The van der Waals surface area contributed by atoms with Gasteiger partial charge >= 0.3 is 12.1 Å². The third-order valence-electron chi connectivity index (χ3n) is 11.2. The first kappa shape index (κ1) is 31.3. The van der Waals surface area contributed by atoms with Crippen LogP contribution in [0.5, 0.6) is 0 Å². The molecule has 4 N–H and O–H groups in total. The molecule has 0 spiro atoms. The lowest BCUT2D eigenvalue weighted by Gasteiger charge is -2.54. The second-order valence-electron chi connectivity index (χ2n) is 14.5. The molecule has 3 amide bonds. The zero-order chi connectivity index (χ0) is 32.7. The molecule has 2 atom stereocenters. The molecule has 47 heavy (non-hydrogen) atoms.